The molecule has 0 aromatic rings. The number of methoxy groups -OCH3 is 2. The molecule has 0 aromatic heterocycles. The predicted octanol–water partition coefficient (Wildman–Crippen LogP) is 0.852. The molecule has 0 bridgehead atoms. The number of nitrogens with one attached hydrogen (secondary N) is 1. The lowest BCUT2D eigenvalue weighted by molar-refractivity contribution is -0.360. The zero-order chi connectivity index (χ0) is 31.1. The number of carbonyl (C=O) groups excluding carboxylic acids is 6. The van der Waals surface area contributed by atoms with Crippen molar-refractivity contribution in [1.29, 1.82) is 0 Å². The standard InChI is InChI=1S/C22H30Cl3NO14/c1-7-8-19(26-18(32)37-10-20(23,24)25)21(16(30)34-5,39-13(4)29)15(38-12(3)28)14(9-36-11(2)27)40-22(19,33)17(31)35-6/h14-15,33H,7-10H2,1-6H3,(H,26,32)/t14-,15-,19+,21-,22+/m1/s1. The average Bonchev–Trinajstić information content (AvgIpc) is 2.84. The molecule has 1 fully saturated rings. The summed E-state index contributed by atoms with van der Waals surface area (Å²) in [5.74, 6) is -9.82. The molecule has 0 unspecified atom stereocenters. The largest absolute Gasteiger partial charge is 0.466 e. The summed E-state index contributed by atoms with van der Waals surface area (Å²) in [6, 6.07) is 0. The highest BCUT2D eigenvalue weighted by atomic mass is 35.6. The molecule has 0 radical (unpaired) electrons. The van der Waals surface area contributed by atoms with E-state index in [4.69, 9.17) is 68.0 Å². The van der Waals surface area contributed by atoms with Crippen molar-refractivity contribution in [3.05, 3.63) is 0 Å². The van der Waals surface area contributed by atoms with Crippen molar-refractivity contribution in [1.82, 2.24) is 5.32 Å². The fraction of sp³-hybridized carbons (Fsp3) is 0.727. The monoisotopic (exact) mass is 637 g/mol. The molecule has 1 heterocycles. The third-order valence-corrected chi connectivity index (χ3v) is 5.91. The summed E-state index contributed by atoms with van der Waals surface area (Å²) in [5, 5.41) is 14.0. The van der Waals surface area contributed by atoms with Crippen molar-refractivity contribution in [2.24, 2.45) is 0 Å². The maximum atomic E-state index is 13.7. The number of amides is 1. The van der Waals surface area contributed by atoms with Crippen LogP contribution in [0.2, 0.25) is 0 Å². The molecule has 228 valence electrons. The summed E-state index contributed by atoms with van der Waals surface area (Å²) in [6.45, 7) is 2.48. The first kappa shape index (κ1) is 35.4. The van der Waals surface area contributed by atoms with Crippen LogP contribution in [0.3, 0.4) is 0 Å². The van der Waals surface area contributed by atoms with Gasteiger partial charge in [0, 0.05) is 20.8 Å². The Kier molecular flexibility index (Phi) is 12.3. The maximum Gasteiger partial charge on any atom is 0.408 e. The number of halogens is 3. The lowest BCUT2D eigenvalue weighted by Gasteiger charge is -2.59. The topological polar surface area (TPSA) is 199 Å². The van der Waals surface area contributed by atoms with Gasteiger partial charge in [-0.1, -0.05) is 48.1 Å². The van der Waals surface area contributed by atoms with E-state index in [0.29, 0.717) is 0 Å². The number of esters is 5. The summed E-state index contributed by atoms with van der Waals surface area (Å²) < 4.78 is 33.7. The Morgan fingerprint density at radius 2 is 1.50 bits per heavy atom. The van der Waals surface area contributed by atoms with E-state index in [1.54, 1.807) is 0 Å². The van der Waals surface area contributed by atoms with Crippen molar-refractivity contribution in [2.75, 3.05) is 27.4 Å². The zero-order valence-electron chi connectivity index (χ0n) is 22.4. The van der Waals surface area contributed by atoms with Crippen LogP contribution >= 0.6 is 34.8 Å². The number of ether oxygens (including phenoxy) is 7. The van der Waals surface area contributed by atoms with E-state index in [-0.39, 0.29) is 6.42 Å². The summed E-state index contributed by atoms with van der Waals surface area (Å²) in [7, 11) is 1.66. The van der Waals surface area contributed by atoms with Crippen molar-refractivity contribution in [3.8, 4) is 0 Å². The second-order valence-corrected chi connectivity index (χ2v) is 10.9. The van der Waals surface area contributed by atoms with Crippen molar-refractivity contribution in [2.45, 2.75) is 73.5 Å². The normalized spacial score (nSPS) is 27.9. The Hall–Kier alpha value is -2.59. The number of rotatable bonds is 10. The van der Waals surface area contributed by atoms with Crippen molar-refractivity contribution >= 4 is 70.7 Å². The number of alkyl halides is 3. The smallest absolute Gasteiger partial charge is 0.408 e. The average molecular weight is 639 g/mol. The van der Waals surface area contributed by atoms with Crippen LogP contribution < -0.4 is 5.32 Å². The SMILES string of the molecule is CCC[C@@]1(NC(=O)OCC(Cl)(Cl)Cl)[C@](O)(C(=O)OC)O[C@H](COC(C)=O)[C@@H](OC(C)=O)[C@@]1(OC(C)=O)C(=O)OC. The molecule has 15 nitrogen and oxygen atoms in total. The minimum Gasteiger partial charge on any atom is -0.466 e. The minimum atomic E-state index is -3.44. The first-order chi connectivity index (χ1) is 18.4. The van der Waals surface area contributed by atoms with Gasteiger partial charge in [-0.25, -0.2) is 14.4 Å². The Labute approximate surface area is 243 Å². The first-order valence-corrected chi connectivity index (χ1v) is 12.6. The fourth-order valence-corrected chi connectivity index (χ4v) is 4.50. The van der Waals surface area contributed by atoms with Gasteiger partial charge < -0.3 is 43.6 Å². The van der Waals surface area contributed by atoms with Crippen LogP contribution in [-0.4, -0.2) is 101 Å². The van der Waals surface area contributed by atoms with Crippen LogP contribution in [0.1, 0.15) is 40.5 Å². The molecule has 5 atom stereocenters. The van der Waals surface area contributed by atoms with Gasteiger partial charge in [-0.2, -0.15) is 0 Å². The van der Waals surface area contributed by atoms with E-state index in [2.05, 4.69) is 5.32 Å². The minimum absolute atomic E-state index is 0.0885. The summed E-state index contributed by atoms with van der Waals surface area (Å²) >= 11 is 16.9. The second kappa shape index (κ2) is 13.9. The molecule has 2 N–H and O–H groups in total. The van der Waals surface area contributed by atoms with Crippen molar-refractivity contribution < 1.29 is 67.0 Å². The molecule has 0 aromatic carbocycles. The van der Waals surface area contributed by atoms with Gasteiger partial charge in [0.1, 0.15) is 19.3 Å². The van der Waals surface area contributed by atoms with Gasteiger partial charge in [-0.05, 0) is 6.42 Å². The zero-order valence-corrected chi connectivity index (χ0v) is 24.6. The van der Waals surface area contributed by atoms with Crippen LogP contribution in [0.25, 0.3) is 0 Å². The van der Waals surface area contributed by atoms with Gasteiger partial charge in [0.05, 0.1) is 14.2 Å². The Bertz CT molecular complexity index is 1000. The van der Waals surface area contributed by atoms with Crippen LogP contribution in [0.15, 0.2) is 0 Å². The van der Waals surface area contributed by atoms with Crippen LogP contribution in [-0.2, 0) is 57.1 Å². The van der Waals surface area contributed by atoms with Gasteiger partial charge in [-0.15, -0.1) is 0 Å². The number of alkyl carbamates (subject to hydrolysis) is 1. The number of hydrogen-bond acceptors (Lipinski definition) is 14. The molecule has 1 rings (SSSR count). The molecular weight excluding hydrogens is 609 g/mol. The second-order valence-electron chi connectivity index (χ2n) is 8.42. The molecule has 18 heteroatoms. The van der Waals surface area contributed by atoms with Crippen molar-refractivity contribution in [3.63, 3.8) is 0 Å². The van der Waals surface area contributed by atoms with E-state index in [1.807, 2.05) is 0 Å². The third kappa shape index (κ3) is 7.37. The predicted molar refractivity (Wildman–Crippen MR) is 133 cm³/mol. The van der Waals surface area contributed by atoms with Gasteiger partial charge in [0.25, 0.3) is 11.4 Å². The van der Waals surface area contributed by atoms with Crippen LogP contribution in [0.4, 0.5) is 4.79 Å². The lowest BCUT2D eigenvalue weighted by Crippen LogP contribution is -2.89. The quantitative estimate of drug-likeness (QED) is 0.194. The highest BCUT2D eigenvalue weighted by Gasteiger charge is 2.82. The van der Waals surface area contributed by atoms with E-state index >= 15 is 0 Å². The Balaban J connectivity index is 4.26. The van der Waals surface area contributed by atoms with E-state index in [9.17, 15) is 33.9 Å². The molecule has 0 spiro atoms. The summed E-state index contributed by atoms with van der Waals surface area (Å²) in [4.78, 5) is 76.4. The lowest BCUT2D eigenvalue weighted by atomic mass is 9.63. The third-order valence-electron chi connectivity index (χ3n) is 5.58. The molecule has 1 amide bonds. The van der Waals surface area contributed by atoms with Crippen LogP contribution in [0, 0.1) is 0 Å². The molecule has 40 heavy (non-hydrogen) atoms. The van der Waals surface area contributed by atoms with Gasteiger partial charge in [0.2, 0.25) is 3.79 Å². The number of aliphatic hydroxyl groups is 1. The van der Waals surface area contributed by atoms with Gasteiger partial charge >= 0.3 is 35.9 Å². The highest BCUT2D eigenvalue weighted by molar-refractivity contribution is 6.67. The van der Waals surface area contributed by atoms with Gasteiger partial charge in [-0.3, -0.25) is 14.4 Å². The first-order valence-electron chi connectivity index (χ1n) is 11.5. The van der Waals surface area contributed by atoms with Gasteiger partial charge in [0.15, 0.2) is 11.6 Å². The molecule has 1 saturated heterocycles. The molecule has 0 aliphatic carbocycles. The Morgan fingerprint density at radius 3 is 1.93 bits per heavy atom. The maximum absolute atomic E-state index is 13.7. The summed E-state index contributed by atoms with van der Waals surface area (Å²) in [5.41, 5.74) is -6.06. The fourth-order valence-electron chi connectivity index (χ4n) is 4.34. The molecule has 1 aliphatic rings. The van der Waals surface area contributed by atoms with E-state index < -0.39 is 88.5 Å². The van der Waals surface area contributed by atoms with E-state index in [1.165, 1.54) is 6.92 Å². The highest BCUT2D eigenvalue weighted by Crippen LogP contribution is 2.51. The molecule has 0 saturated carbocycles. The Morgan fingerprint density at radius 1 is 0.925 bits per heavy atom. The number of hydrogen-bond donors (Lipinski definition) is 2. The van der Waals surface area contributed by atoms with Crippen LogP contribution in [0.5, 0.6) is 0 Å². The molecular formula is C22H30Cl3NO14. The number of carbonyl (C=O) groups is 6. The van der Waals surface area contributed by atoms with E-state index in [0.717, 1.165) is 35.0 Å². The molecule has 1 aliphatic heterocycles. The summed E-state index contributed by atoms with van der Waals surface area (Å²) in [6.07, 6.45) is -6.28.